The number of aliphatic hydroxyl groups excluding tert-OH is 4. The molecule has 22 heteroatoms. The highest BCUT2D eigenvalue weighted by Gasteiger charge is 2.25. The van der Waals surface area contributed by atoms with Gasteiger partial charge in [0.05, 0.1) is 63.4 Å². The van der Waals surface area contributed by atoms with Crippen LogP contribution in [0, 0.1) is 27.7 Å². The van der Waals surface area contributed by atoms with Gasteiger partial charge < -0.3 is 48.2 Å². The standard InChI is InChI=1S/2C23H21ClN2O2.2C22H20ClN3OS/c1-15-7-9-20-18(11-15)23(16-8-10-22(28-2)25-12-16)21(14-27)26(20)13-17-5-3-4-6-19(17)24;1-15-7-9-18-20(11-15)26(13-17-5-3-4-6-19(17)24)21(14-27)23(18)16-8-10-22(28-2)25-12-16;1-14-7-8-19-17(9-14)21(16-10-24-22(28-2)25-11-16)20(13-27)26(19)12-15-5-3-4-6-18(15)23;1-14-7-8-17-19(9-14)26(12-15-5-3-4-6-18(15)23)20(13-27)21(17)16-10-24-22(28-2)25-11-16/h2*3-12,27H,13-14H2,1-2H3;2*3-11,27H,12-13H2,1-2H3. The van der Waals surface area contributed by atoms with Crippen LogP contribution in [0.15, 0.2) is 242 Å². The summed E-state index contributed by atoms with van der Waals surface area (Å²) in [6.07, 6.45) is 14.8. The number of nitrogens with zero attached hydrogens (tertiary/aromatic N) is 10. The van der Waals surface area contributed by atoms with E-state index >= 15 is 0 Å². The van der Waals surface area contributed by atoms with Gasteiger partial charge >= 0.3 is 0 Å². The van der Waals surface area contributed by atoms with E-state index < -0.39 is 0 Å². The molecule has 0 unspecified atom stereocenters. The molecule has 8 heterocycles. The lowest BCUT2D eigenvalue weighted by Crippen LogP contribution is -2.05. The molecule has 0 saturated heterocycles. The third kappa shape index (κ3) is 17.2. The van der Waals surface area contributed by atoms with Crippen LogP contribution in [0.4, 0.5) is 0 Å². The normalized spacial score (nSPS) is 11.2. The Morgan fingerprint density at radius 1 is 0.312 bits per heavy atom. The summed E-state index contributed by atoms with van der Waals surface area (Å²) in [6, 6.07) is 64.2. The minimum atomic E-state index is -0.0855. The summed E-state index contributed by atoms with van der Waals surface area (Å²) >= 11 is 28.6. The van der Waals surface area contributed by atoms with Crippen molar-refractivity contribution in [1.82, 2.24) is 48.2 Å². The number of methoxy groups -OCH3 is 2. The van der Waals surface area contributed by atoms with E-state index in [4.69, 9.17) is 55.9 Å². The van der Waals surface area contributed by atoms with E-state index in [0.29, 0.717) is 48.0 Å². The molecule has 0 radical (unpaired) electrons. The molecule has 112 heavy (non-hydrogen) atoms. The molecule has 0 amide bonds. The lowest BCUT2D eigenvalue weighted by molar-refractivity contribution is 0.272. The number of hydrogen-bond donors (Lipinski definition) is 4. The molecule has 16 rings (SSSR count). The van der Waals surface area contributed by atoms with Crippen LogP contribution in [0.3, 0.4) is 0 Å². The molecular formula is C90H82Cl4N10O6S2. The Morgan fingerprint density at radius 3 is 0.884 bits per heavy atom. The summed E-state index contributed by atoms with van der Waals surface area (Å²) in [5, 5.41) is 49.8. The monoisotopic (exact) mass is 1600 g/mol. The van der Waals surface area contributed by atoms with E-state index in [1.54, 1.807) is 26.6 Å². The first-order chi connectivity index (χ1) is 54.5. The van der Waals surface area contributed by atoms with Gasteiger partial charge in [-0.05, 0) is 146 Å². The van der Waals surface area contributed by atoms with Crippen LogP contribution in [0.2, 0.25) is 20.1 Å². The summed E-state index contributed by atoms with van der Waals surface area (Å²) in [4.78, 5) is 26.4. The SMILES string of the molecule is COc1ccc(-c2c(CO)n(Cc3ccccc3Cl)c3cc(C)ccc23)cn1.COc1ccc(-c2c(CO)n(Cc3ccccc3Cl)c3ccc(C)cc23)cn1.CSc1ncc(-c2c(CO)n(Cc3ccccc3Cl)c3cc(C)ccc23)cn1.CSc1ncc(-c2c(CO)n(Cc3ccccc3Cl)c3ccc(C)cc23)cn1. The molecule has 0 saturated carbocycles. The van der Waals surface area contributed by atoms with Gasteiger partial charge in [0.1, 0.15) is 0 Å². The first-order valence-electron chi connectivity index (χ1n) is 36.1. The van der Waals surface area contributed by atoms with E-state index in [-0.39, 0.29) is 26.4 Å². The highest BCUT2D eigenvalue weighted by Crippen LogP contribution is 2.42. The quantitative estimate of drug-likeness (QED) is 0.0415. The van der Waals surface area contributed by atoms with Crippen molar-refractivity contribution in [3.63, 3.8) is 0 Å². The number of benzene rings is 8. The number of fused-ring (bicyclic) bond motifs is 4. The molecule has 0 aliphatic rings. The number of aliphatic hydroxyl groups is 4. The Labute approximate surface area is 679 Å². The minimum absolute atomic E-state index is 0.0838. The number of ether oxygens (including phenoxy) is 2. The largest absolute Gasteiger partial charge is 0.481 e. The smallest absolute Gasteiger partial charge is 0.212 e. The highest BCUT2D eigenvalue weighted by molar-refractivity contribution is 7.98. The third-order valence-electron chi connectivity index (χ3n) is 19.7. The second kappa shape index (κ2) is 36.4. The first-order valence-corrected chi connectivity index (χ1v) is 40.0. The Kier molecular flexibility index (Phi) is 26.0. The average molecular weight is 1610 g/mol. The molecule has 0 atom stereocenters. The van der Waals surface area contributed by atoms with Crippen LogP contribution < -0.4 is 9.47 Å². The summed E-state index contributed by atoms with van der Waals surface area (Å²) < 4.78 is 18.9. The molecule has 568 valence electrons. The predicted molar refractivity (Wildman–Crippen MR) is 458 cm³/mol. The summed E-state index contributed by atoms with van der Waals surface area (Å²) in [7, 11) is 3.19. The van der Waals surface area contributed by atoms with Crippen LogP contribution in [0.5, 0.6) is 11.8 Å². The van der Waals surface area contributed by atoms with Crippen molar-refractivity contribution in [3.05, 3.63) is 319 Å². The van der Waals surface area contributed by atoms with Crippen molar-refractivity contribution in [2.45, 2.75) is 90.6 Å². The number of thioether (sulfide) groups is 2. The topological polar surface area (TPSA) is 196 Å². The van der Waals surface area contributed by atoms with Crippen molar-refractivity contribution in [3.8, 4) is 56.3 Å². The number of halogens is 4. The van der Waals surface area contributed by atoms with Gasteiger partial charge in [0, 0.05) is 184 Å². The maximum atomic E-state index is 10.3. The highest BCUT2D eigenvalue weighted by atomic mass is 35.5. The van der Waals surface area contributed by atoms with Gasteiger partial charge in [0.2, 0.25) is 11.8 Å². The van der Waals surface area contributed by atoms with Crippen LogP contribution in [-0.2, 0) is 52.6 Å². The van der Waals surface area contributed by atoms with E-state index in [2.05, 4.69) is 149 Å². The molecule has 0 spiro atoms. The van der Waals surface area contributed by atoms with Gasteiger partial charge in [-0.15, -0.1) is 0 Å². The van der Waals surface area contributed by atoms with Crippen molar-refractivity contribution < 1.29 is 29.9 Å². The molecule has 0 aliphatic carbocycles. The number of pyridine rings is 2. The Hall–Kier alpha value is -10.3. The second-order valence-corrected chi connectivity index (χ2v) is 30.0. The third-order valence-corrected chi connectivity index (χ3v) is 22.3. The Bertz CT molecular complexity index is 5640. The zero-order valence-electron chi connectivity index (χ0n) is 63.0. The van der Waals surface area contributed by atoms with Crippen LogP contribution in [0.1, 0.15) is 67.3 Å². The lowest BCUT2D eigenvalue weighted by atomic mass is 10.0. The number of hydrogen-bond acceptors (Lipinski definition) is 14. The van der Waals surface area contributed by atoms with Crippen molar-refractivity contribution in [2.75, 3.05) is 26.7 Å². The second-order valence-electron chi connectivity index (χ2n) is 26.8. The van der Waals surface area contributed by atoms with E-state index in [0.717, 1.165) is 176 Å². The molecule has 4 N–H and O–H groups in total. The first kappa shape index (κ1) is 79.8. The van der Waals surface area contributed by atoms with Gasteiger partial charge in [-0.25, -0.2) is 29.9 Å². The summed E-state index contributed by atoms with van der Waals surface area (Å²) in [5.74, 6) is 1.12. The van der Waals surface area contributed by atoms with E-state index in [9.17, 15) is 20.4 Å². The zero-order valence-corrected chi connectivity index (χ0v) is 67.7. The van der Waals surface area contributed by atoms with Gasteiger partial charge in [-0.3, -0.25) is 0 Å². The van der Waals surface area contributed by atoms with Gasteiger partial charge in [0.25, 0.3) is 0 Å². The average Bonchev–Trinajstić information content (AvgIpc) is 1.62. The van der Waals surface area contributed by atoms with Crippen molar-refractivity contribution in [2.24, 2.45) is 0 Å². The fourth-order valence-corrected chi connectivity index (χ4v) is 15.7. The van der Waals surface area contributed by atoms with Gasteiger partial charge in [-0.2, -0.15) is 0 Å². The molecule has 16 aromatic rings. The number of rotatable bonds is 20. The molecular weight excluding hydrogens is 1520 g/mol. The molecule has 8 aromatic heterocycles. The maximum absolute atomic E-state index is 10.3. The summed E-state index contributed by atoms with van der Waals surface area (Å²) in [6.45, 7) is 10.3. The van der Waals surface area contributed by atoms with Gasteiger partial charge in [0.15, 0.2) is 10.3 Å². The lowest BCUT2D eigenvalue weighted by Gasteiger charge is -2.12. The Balaban J connectivity index is 0.000000131. The van der Waals surface area contributed by atoms with Crippen LogP contribution in [0.25, 0.3) is 88.1 Å². The Morgan fingerprint density at radius 2 is 0.589 bits per heavy atom. The van der Waals surface area contributed by atoms with Gasteiger partial charge in [-0.1, -0.05) is 190 Å². The van der Waals surface area contributed by atoms with E-state index in [1.807, 2.05) is 159 Å². The van der Waals surface area contributed by atoms with Crippen molar-refractivity contribution in [1.29, 1.82) is 0 Å². The van der Waals surface area contributed by atoms with Crippen molar-refractivity contribution >= 4 is 114 Å². The minimum Gasteiger partial charge on any atom is -0.481 e. The number of aryl methyl sites for hydroxylation is 4. The zero-order chi connectivity index (χ0) is 78.7. The molecule has 0 fully saturated rings. The number of aromatic nitrogens is 10. The fraction of sp³-hybridized carbons (Fsp3) is 0.178. The molecule has 0 aliphatic heterocycles. The maximum Gasteiger partial charge on any atom is 0.212 e. The predicted octanol–water partition coefficient (Wildman–Crippen LogP) is 21.1. The molecule has 0 bridgehead atoms. The summed E-state index contributed by atoms with van der Waals surface area (Å²) in [5.41, 5.74) is 23.9. The van der Waals surface area contributed by atoms with E-state index in [1.165, 1.54) is 23.5 Å². The molecule has 8 aromatic carbocycles. The molecule has 16 nitrogen and oxygen atoms in total. The van der Waals surface area contributed by atoms with Crippen LogP contribution in [-0.4, -0.2) is 95.3 Å². The van der Waals surface area contributed by atoms with Crippen LogP contribution >= 0.6 is 69.9 Å². The fourth-order valence-electron chi connectivity index (χ4n) is 14.3.